The summed E-state index contributed by atoms with van der Waals surface area (Å²) in [5.74, 6) is -0.965. The largest absolute Gasteiger partial charge is 0.355 e. The summed E-state index contributed by atoms with van der Waals surface area (Å²) in [6, 6.07) is 25.2. The van der Waals surface area contributed by atoms with Gasteiger partial charge in [-0.3, -0.25) is 13.9 Å². The fourth-order valence-electron chi connectivity index (χ4n) is 5.06. The number of anilines is 1. The molecule has 45 heavy (non-hydrogen) atoms. The quantitative estimate of drug-likeness (QED) is 0.179. The van der Waals surface area contributed by atoms with E-state index >= 15 is 0 Å². The molecule has 7 nitrogen and oxygen atoms in total. The maximum atomic E-state index is 14.6. The number of likely N-dealkylation sites (N-methyl/N-ethyl adjacent to an activating group) is 1. The summed E-state index contributed by atoms with van der Waals surface area (Å²) >= 11 is 13.1. The standard InChI is InChI=1S/C35H37Cl2N3O4S/c1-5-38-35(42)33(21-27-12-7-6-8-13-27)39(22-29-30(36)14-10-15-31(29)37)34(41)23-40(32-16-9-11-25(3)26(32)4)45(43,44)28-19-17-24(2)18-20-28/h6-20,33H,5,21-23H2,1-4H3,(H,38,42)/t33-/m0/s1. The van der Waals surface area contributed by atoms with E-state index in [2.05, 4.69) is 5.32 Å². The number of carbonyl (C=O) groups is 2. The van der Waals surface area contributed by atoms with Crippen LogP contribution in [0.15, 0.2) is 95.9 Å². The Labute approximate surface area is 275 Å². The zero-order valence-electron chi connectivity index (χ0n) is 25.8. The van der Waals surface area contributed by atoms with Crippen molar-refractivity contribution in [1.82, 2.24) is 10.2 Å². The molecule has 4 aromatic rings. The van der Waals surface area contributed by atoms with E-state index in [1.807, 2.05) is 57.2 Å². The lowest BCUT2D eigenvalue weighted by Gasteiger charge is -2.34. The molecule has 236 valence electrons. The van der Waals surface area contributed by atoms with Crippen molar-refractivity contribution in [3.8, 4) is 0 Å². The first-order valence-corrected chi connectivity index (χ1v) is 16.8. The second-order valence-electron chi connectivity index (χ2n) is 10.9. The van der Waals surface area contributed by atoms with E-state index in [-0.39, 0.29) is 23.8 Å². The predicted octanol–water partition coefficient (Wildman–Crippen LogP) is 6.89. The van der Waals surface area contributed by atoms with Gasteiger partial charge in [0.05, 0.1) is 10.6 Å². The second-order valence-corrected chi connectivity index (χ2v) is 13.5. The first-order chi connectivity index (χ1) is 21.4. The van der Waals surface area contributed by atoms with Crippen LogP contribution in [0.4, 0.5) is 5.69 Å². The lowest BCUT2D eigenvalue weighted by atomic mass is 10.0. The van der Waals surface area contributed by atoms with E-state index in [9.17, 15) is 18.0 Å². The molecular formula is C35H37Cl2N3O4S. The third kappa shape index (κ3) is 8.06. The van der Waals surface area contributed by atoms with Crippen LogP contribution in [0.1, 0.15) is 34.7 Å². The summed E-state index contributed by atoms with van der Waals surface area (Å²) in [5.41, 5.74) is 4.14. The van der Waals surface area contributed by atoms with Crippen molar-refractivity contribution in [2.75, 3.05) is 17.4 Å². The number of benzene rings is 4. The molecule has 0 radical (unpaired) electrons. The Morgan fingerprint density at radius 2 is 1.44 bits per heavy atom. The molecule has 0 aliphatic heterocycles. The Hall–Kier alpha value is -3.85. The lowest BCUT2D eigenvalue weighted by molar-refractivity contribution is -0.140. The number of hydrogen-bond donors (Lipinski definition) is 1. The van der Waals surface area contributed by atoms with Crippen molar-refractivity contribution in [1.29, 1.82) is 0 Å². The van der Waals surface area contributed by atoms with Crippen LogP contribution in [-0.2, 0) is 32.6 Å². The van der Waals surface area contributed by atoms with E-state index in [0.29, 0.717) is 33.4 Å². The second kappa shape index (κ2) is 15.0. The fraction of sp³-hybridized carbons (Fsp3) is 0.257. The van der Waals surface area contributed by atoms with Crippen molar-refractivity contribution in [2.24, 2.45) is 0 Å². The Morgan fingerprint density at radius 3 is 2.07 bits per heavy atom. The third-order valence-corrected chi connectivity index (χ3v) is 10.2. The first-order valence-electron chi connectivity index (χ1n) is 14.6. The van der Waals surface area contributed by atoms with E-state index in [1.165, 1.54) is 17.0 Å². The smallest absolute Gasteiger partial charge is 0.264 e. The minimum Gasteiger partial charge on any atom is -0.355 e. The highest BCUT2D eigenvalue weighted by molar-refractivity contribution is 7.92. The molecule has 0 bridgehead atoms. The van der Waals surface area contributed by atoms with Crippen molar-refractivity contribution in [3.63, 3.8) is 0 Å². The highest BCUT2D eigenvalue weighted by Crippen LogP contribution is 2.31. The van der Waals surface area contributed by atoms with Crippen molar-refractivity contribution in [2.45, 2.75) is 51.6 Å². The van der Waals surface area contributed by atoms with Crippen LogP contribution in [0.5, 0.6) is 0 Å². The maximum absolute atomic E-state index is 14.6. The van der Waals surface area contributed by atoms with Crippen molar-refractivity contribution >= 4 is 50.7 Å². The van der Waals surface area contributed by atoms with Gasteiger partial charge in [0.1, 0.15) is 12.6 Å². The normalized spacial score (nSPS) is 12.0. The number of amides is 2. The molecule has 0 saturated carbocycles. The monoisotopic (exact) mass is 665 g/mol. The van der Waals surface area contributed by atoms with E-state index < -0.39 is 28.5 Å². The Morgan fingerprint density at radius 1 is 0.822 bits per heavy atom. The van der Waals surface area contributed by atoms with E-state index in [4.69, 9.17) is 23.2 Å². The molecule has 10 heteroatoms. The number of rotatable bonds is 12. The van der Waals surface area contributed by atoms with E-state index in [0.717, 1.165) is 21.0 Å². The van der Waals surface area contributed by atoms with E-state index in [1.54, 1.807) is 49.4 Å². The number of aryl methyl sites for hydroxylation is 2. The van der Waals surface area contributed by atoms with Gasteiger partial charge in [0.15, 0.2) is 0 Å². The zero-order valence-corrected chi connectivity index (χ0v) is 28.1. The summed E-state index contributed by atoms with van der Waals surface area (Å²) in [5, 5.41) is 3.50. The van der Waals surface area contributed by atoms with Gasteiger partial charge in [0.25, 0.3) is 10.0 Å². The molecule has 0 heterocycles. The number of hydrogen-bond acceptors (Lipinski definition) is 4. The number of nitrogens with one attached hydrogen (secondary N) is 1. The lowest BCUT2D eigenvalue weighted by Crippen LogP contribution is -2.53. The highest BCUT2D eigenvalue weighted by atomic mass is 35.5. The summed E-state index contributed by atoms with van der Waals surface area (Å²) in [4.78, 5) is 29.7. The highest BCUT2D eigenvalue weighted by Gasteiger charge is 2.35. The predicted molar refractivity (Wildman–Crippen MR) is 181 cm³/mol. The Bertz CT molecular complexity index is 1740. The molecule has 0 aliphatic carbocycles. The van der Waals surface area contributed by atoms with Crippen LogP contribution >= 0.6 is 23.2 Å². The number of sulfonamides is 1. The summed E-state index contributed by atoms with van der Waals surface area (Å²) in [7, 11) is -4.21. The Kier molecular flexibility index (Phi) is 11.3. The molecular weight excluding hydrogens is 629 g/mol. The topological polar surface area (TPSA) is 86.8 Å². The molecule has 0 spiro atoms. The molecule has 2 amide bonds. The molecule has 1 N–H and O–H groups in total. The molecule has 4 aromatic carbocycles. The number of nitrogens with zero attached hydrogens (tertiary/aromatic N) is 2. The van der Waals surface area contributed by atoms with Crippen molar-refractivity contribution in [3.05, 3.63) is 129 Å². The Balaban J connectivity index is 1.86. The average Bonchev–Trinajstić information content (AvgIpc) is 3.01. The molecule has 4 rings (SSSR count). The minimum atomic E-state index is -4.21. The molecule has 0 fully saturated rings. The van der Waals surface area contributed by atoms with Gasteiger partial charge in [-0.1, -0.05) is 89.4 Å². The summed E-state index contributed by atoms with van der Waals surface area (Å²) < 4.78 is 29.7. The van der Waals surface area contributed by atoms with Gasteiger partial charge in [-0.25, -0.2) is 8.42 Å². The number of carbonyl (C=O) groups excluding carboxylic acids is 2. The van der Waals surface area contributed by atoms with Gasteiger partial charge in [-0.05, 0) is 74.7 Å². The van der Waals surface area contributed by atoms with Gasteiger partial charge in [-0.15, -0.1) is 0 Å². The third-order valence-electron chi connectivity index (χ3n) is 7.74. The van der Waals surface area contributed by atoms with Crippen LogP contribution < -0.4 is 9.62 Å². The molecule has 0 aromatic heterocycles. The van der Waals surface area contributed by atoms with Crippen LogP contribution in [-0.4, -0.2) is 44.3 Å². The van der Waals surface area contributed by atoms with Gasteiger partial charge in [0.2, 0.25) is 11.8 Å². The van der Waals surface area contributed by atoms with Crippen LogP contribution in [0.25, 0.3) is 0 Å². The van der Waals surface area contributed by atoms with Crippen molar-refractivity contribution < 1.29 is 18.0 Å². The van der Waals surface area contributed by atoms with Gasteiger partial charge >= 0.3 is 0 Å². The molecule has 0 aliphatic rings. The maximum Gasteiger partial charge on any atom is 0.264 e. The van der Waals surface area contributed by atoms with Gasteiger partial charge in [-0.2, -0.15) is 0 Å². The molecule has 0 unspecified atom stereocenters. The van der Waals surface area contributed by atoms with Crippen LogP contribution in [0.2, 0.25) is 10.0 Å². The number of halogens is 2. The first kappa shape index (κ1) is 34.0. The van der Waals surface area contributed by atoms with Crippen LogP contribution in [0, 0.1) is 20.8 Å². The SMILES string of the molecule is CCNC(=O)[C@H](Cc1ccccc1)N(Cc1c(Cl)cccc1Cl)C(=O)CN(c1cccc(C)c1C)S(=O)(=O)c1ccc(C)cc1. The zero-order chi connectivity index (χ0) is 32.7. The molecule has 0 saturated heterocycles. The van der Waals surface area contributed by atoms with Gasteiger partial charge < -0.3 is 10.2 Å². The summed E-state index contributed by atoms with van der Waals surface area (Å²) in [6.07, 6.45) is 0.189. The van der Waals surface area contributed by atoms with Crippen LogP contribution in [0.3, 0.4) is 0 Å². The fourth-order valence-corrected chi connectivity index (χ4v) is 7.04. The summed E-state index contributed by atoms with van der Waals surface area (Å²) in [6.45, 7) is 7.04. The van der Waals surface area contributed by atoms with Gasteiger partial charge in [0, 0.05) is 35.1 Å². The minimum absolute atomic E-state index is 0.0482. The average molecular weight is 667 g/mol. The molecule has 1 atom stereocenters.